The Hall–Kier alpha value is -1.07. The smallest absolute Gasteiger partial charge is 0.161 e. The SMILES string of the molecule is CC(C)(CO)NCc1cc(F)c(F)cc1F. The minimum absolute atomic E-state index is 0.0244. The van der Waals surface area contributed by atoms with Gasteiger partial charge in [0.05, 0.1) is 6.61 Å². The van der Waals surface area contributed by atoms with E-state index in [2.05, 4.69) is 5.32 Å². The Balaban J connectivity index is 2.79. The van der Waals surface area contributed by atoms with E-state index in [1.807, 2.05) is 0 Å². The Morgan fingerprint density at radius 3 is 2.25 bits per heavy atom. The Kier molecular flexibility index (Phi) is 3.93. The molecule has 0 radical (unpaired) electrons. The maximum atomic E-state index is 13.2. The molecule has 0 heterocycles. The van der Waals surface area contributed by atoms with Crippen LogP contribution >= 0.6 is 0 Å². The average molecular weight is 233 g/mol. The fourth-order valence-electron chi connectivity index (χ4n) is 1.09. The first-order valence-electron chi connectivity index (χ1n) is 4.85. The van der Waals surface area contributed by atoms with E-state index in [-0.39, 0.29) is 18.7 Å². The van der Waals surface area contributed by atoms with Crippen LogP contribution in [0.25, 0.3) is 0 Å². The maximum Gasteiger partial charge on any atom is 0.161 e. The van der Waals surface area contributed by atoms with E-state index in [0.717, 1.165) is 6.07 Å². The standard InChI is InChI=1S/C11H14F3NO/c1-11(2,6-16)15-5-7-3-9(13)10(14)4-8(7)12/h3-4,15-16H,5-6H2,1-2H3. The number of nitrogens with one attached hydrogen (secondary N) is 1. The molecule has 0 aliphatic rings. The van der Waals surface area contributed by atoms with Gasteiger partial charge in [0, 0.05) is 23.7 Å². The molecule has 0 spiro atoms. The summed E-state index contributed by atoms with van der Waals surface area (Å²) in [5, 5.41) is 11.8. The van der Waals surface area contributed by atoms with E-state index in [0.29, 0.717) is 6.07 Å². The van der Waals surface area contributed by atoms with Crippen molar-refractivity contribution in [2.45, 2.75) is 25.9 Å². The van der Waals surface area contributed by atoms with Gasteiger partial charge in [-0.15, -0.1) is 0 Å². The van der Waals surface area contributed by atoms with Gasteiger partial charge in [0.2, 0.25) is 0 Å². The molecule has 0 unspecified atom stereocenters. The number of aliphatic hydroxyl groups excluding tert-OH is 1. The summed E-state index contributed by atoms with van der Waals surface area (Å²) in [5.74, 6) is -3.09. The van der Waals surface area contributed by atoms with Crippen molar-refractivity contribution in [2.75, 3.05) is 6.61 Å². The van der Waals surface area contributed by atoms with Gasteiger partial charge >= 0.3 is 0 Å². The van der Waals surface area contributed by atoms with Gasteiger partial charge in [-0.2, -0.15) is 0 Å². The van der Waals surface area contributed by atoms with E-state index in [4.69, 9.17) is 5.11 Å². The van der Waals surface area contributed by atoms with Crippen LogP contribution in [0, 0.1) is 17.5 Å². The van der Waals surface area contributed by atoms with Gasteiger partial charge in [-0.25, -0.2) is 13.2 Å². The molecule has 0 bridgehead atoms. The van der Waals surface area contributed by atoms with Crippen LogP contribution in [0.3, 0.4) is 0 Å². The zero-order chi connectivity index (χ0) is 12.3. The minimum atomic E-state index is -1.21. The van der Waals surface area contributed by atoms with Gasteiger partial charge < -0.3 is 10.4 Å². The molecular weight excluding hydrogens is 219 g/mol. The summed E-state index contributed by atoms with van der Waals surface area (Å²) in [6.07, 6.45) is 0. The normalized spacial score (nSPS) is 11.9. The lowest BCUT2D eigenvalue weighted by atomic mass is 10.1. The third-order valence-electron chi connectivity index (χ3n) is 2.24. The zero-order valence-electron chi connectivity index (χ0n) is 9.15. The van der Waals surface area contributed by atoms with Gasteiger partial charge in [0.15, 0.2) is 11.6 Å². The highest BCUT2D eigenvalue weighted by Gasteiger charge is 2.17. The van der Waals surface area contributed by atoms with Crippen LogP contribution in [0.1, 0.15) is 19.4 Å². The molecule has 0 atom stereocenters. The van der Waals surface area contributed by atoms with Crippen molar-refractivity contribution in [1.82, 2.24) is 5.32 Å². The summed E-state index contributed by atoms with van der Waals surface area (Å²) in [4.78, 5) is 0. The van der Waals surface area contributed by atoms with Crippen molar-refractivity contribution in [2.24, 2.45) is 0 Å². The van der Waals surface area contributed by atoms with Crippen LogP contribution in [0.4, 0.5) is 13.2 Å². The van der Waals surface area contributed by atoms with E-state index < -0.39 is 23.0 Å². The second kappa shape index (κ2) is 4.84. The highest BCUT2D eigenvalue weighted by Crippen LogP contribution is 2.14. The van der Waals surface area contributed by atoms with Crippen molar-refractivity contribution in [3.05, 3.63) is 35.1 Å². The molecule has 0 amide bonds. The molecule has 0 aliphatic heterocycles. The summed E-state index contributed by atoms with van der Waals surface area (Å²) in [6.45, 7) is 3.31. The van der Waals surface area contributed by atoms with Gasteiger partial charge in [-0.3, -0.25) is 0 Å². The number of rotatable bonds is 4. The molecule has 2 nitrogen and oxygen atoms in total. The van der Waals surface area contributed by atoms with Crippen molar-refractivity contribution in [3.63, 3.8) is 0 Å². The summed E-state index contributed by atoms with van der Waals surface area (Å²) in [6, 6.07) is 1.32. The number of hydrogen-bond acceptors (Lipinski definition) is 2. The van der Waals surface area contributed by atoms with Crippen LogP contribution in [0.15, 0.2) is 12.1 Å². The van der Waals surface area contributed by atoms with Gasteiger partial charge in [0.25, 0.3) is 0 Å². The molecule has 0 saturated heterocycles. The molecule has 2 N–H and O–H groups in total. The second-order valence-corrected chi connectivity index (χ2v) is 4.25. The fourth-order valence-corrected chi connectivity index (χ4v) is 1.09. The number of aliphatic hydroxyl groups is 1. The highest BCUT2D eigenvalue weighted by molar-refractivity contribution is 5.20. The lowest BCUT2D eigenvalue weighted by molar-refractivity contribution is 0.187. The minimum Gasteiger partial charge on any atom is -0.394 e. The molecule has 1 rings (SSSR count). The Bertz CT molecular complexity index is 380. The molecule has 0 saturated carbocycles. The third kappa shape index (κ3) is 3.21. The Labute approximate surface area is 92.1 Å². The first-order valence-corrected chi connectivity index (χ1v) is 4.85. The number of halogens is 3. The largest absolute Gasteiger partial charge is 0.394 e. The summed E-state index contributed by atoms with van der Waals surface area (Å²) in [7, 11) is 0. The summed E-state index contributed by atoms with van der Waals surface area (Å²) < 4.78 is 38.7. The van der Waals surface area contributed by atoms with Crippen molar-refractivity contribution < 1.29 is 18.3 Å². The topological polar surface area (TPSA) is 32.3 Å². The Morgan fingerprint density at radius 1 is 1.12 bits per heavy atom. The average Bonchev–Trinajstić information content (AvgIpc) is 2.22. The quantitative estimate of drug-likeness (QED) is 0.779. The molecule has 1 aromatic carbocycles. The molecular formula is C11H14F3NO. The lowest BCUT2D eigenvalue weighted by Gasteiger charge is -2.23. The predicted octanol–water partition coefficient (Wildman–Crippen LogP) is 1.96. The molecule has 0 aromatic heterocycles. The van der Waals surface area contributed by atoms with Crippen molar-refractivity contribution in [1.29, 1.82) is 0 Å². The van der Waals surface area contributed by atoms with E-state index in [1.54, 1.807) is 13.8 Å². The molecule has 1 aromatic rings. The lowest BCUT2D eigenvalue weighted by Crippen LogP contribution is -2.42. The van der Waals surface area contributed by atoms with E-state index >= 15 is 0 Å². The first kappa shape index (κ1) is 13.0. The zero-order valence-corrected chi connectivity index (χ0v) is 9.15. The molecule has 0 fully saturated rings. The molecule has 90 valence electrons. The van der Waals surface area contributed by atoms with Crippen LogP contribution in [0.5, 0.6) is 0 Å². The molecule has 0 aliphatic carbocycles. The van der Waals surface area contributed by atoms with E-state index in [1.165, 1.54) is 0 Å². The third-order valence-corrected chi connectivity index (χ3v) is 2.24. The number of benzene rings is 1. The Morgan fingerprint density at radius 2 is 1.69 bits per heavy atom. The first-order chi connectivity index (χ1) is 7.35. The monoisotopic (exact) mass is 233 g/mol. The molecule has 16 heavy (non-hydrogen) atoms. The number of hydrogen-bond donors (Lipinski definition) is 2. The van der Waals surface area contributed by atoms with Crippen LogP contribution in [-0.4, -0.2) is 17.3 Å². The van der Waals surface area contributed by atoms with Crippen LogP contribution in [-0.2, 0) is 6.54 Å². The van der Waals surface area contributed by atoms with Crippen LogP contribution < -0.4 is 5.32 Å². The molecule has 5 heteroatoms. The van der Waals surface area contributed by atoms with Gasteiger partial charge in [-0.1, -0.05) is 0 Å². The second-order valence-electron chi connectivity index (χ2n) is 4.25. The summed E-state index contributed by atoms with van der Waals surface area (Å²) in [5.41, 5.74) is -0.572. The highest BCUT2D eigenvalue weighted by atomic mass is 19.2. The fraction of sp³-hybridized carbons (Fsp3) is 0.455. The van der Waals surface area contributed by atoms with E-state index in [9.17, 15) is 13.2 Å². The van der Waals surface area contributed by atoms with Gasteiger partial charge in [0.1, 0.15) is 5.82 Å². The summed E-state index contributed by atoms with van der Waals surface area (Å²) >= 11 is 0. The van der Waals surface area contributed by atoms with Gasteiger partial charge in [-0.05, 0) is 19.9 Å². The van der Waals surface area contributed by atoms with Crippen molar-refractivity contribution >= 4 is 0 Å². The predicted molar refractivity (Wildman–Crippen MR) is 54.3 cm³/mol. The van der Waals surface area contributed by atoms with Crippen molar-refractivity contribution in [3.8, 4) is 0 Å². The maximum absolute atomic E-state index is 13.2. The van der Waals surface area contributed by atoms with Crippen LogP contribution in [0.2, 0.25) is 0 Å².